The van der Waals surface area contributed by atoms with E-state index < -0.39 is 0 Å². The molecule has 1 amide bonds. The first-order valence-electron chi connectivity index (χ1n) is 10.4. The van der Waals surface area contributed by atoms with Crippen molar-refractivity contribution in [1.82, 2.24) is 15.3 Å². The van der Waals surface area contributed by atoms with E-state index in [4.69, 9.17) is 16.6 Å². The van der Waals surface area contributed by atoms with Crippen molar-refractivity contribution in [3.8, 4) is 22.6 Å². The number of thioether (sulfide) groups is 1. The number of hydrogen-bond acceptors (Lipinski definition) is 4. The number of nitrogens with one attached hydrogen (secondary N) is 3. The number of carbonyl (C=O) groups excluding carboxylic acids is 1. The lowest BCUT2D eigenvalue weighted by molar-refractivity contribution is 0.0964. The number of carbonyl (C=O) groups is 1. The van der Waals surface area contributed by atoms with Crippen LogP contribution in [0.15, 0.2) is 70.6 Å². The molecule has 0 spiro atoms. The van der Waals surface area contributed by atoms with Gasteiger partial charge in [0.25, 0.3) is 5.91 Å². The van der Waals surface area contributed by atoms with Crippen LogP contribution in [0.4, 0.5) is 5.69 Å². The molecule has 32 heavy (non-hydrogen) atoms. The molecule has 2 aromatic carbocycles. The number of amides is 1. The topological polar surface area (TPSA) is 69.8 Å². The minimum absolute atomic E-state index is 0.236. The summed E-state index contributed by atoms with van der Waals surface area (Å²) in [7, 11) is 1.87. The fraction of sp³-hybridized carbons (Fsp3) is 0.200. The van der Waals surface area contributed by atoms with E-state index >= 15 is 0 Å². The number of halogens is 1. The average molecular weight is 467 g/mol. The van der Waals surface area contributed by atoms with Gasteiger partial charge in [-0.1, -0.05) is 48.5 Å². The molecule has 0 aliphatic rings. The number of nitrogens with zero attached hydrogens (tertiary/aromatic N) is 1. The van der Waals surface area contributed by atoms with Crippen LogP contribution in [-0.2, 0) is 0 Å². The maximum atomic E-state index is 13.4. The number of hydrogen-bond donors (Lipinski definition) is 3. The molecule has 0 atom stereocenters. The van der Waals surface area contributed by atoms with Gasteiger partial charge in [-0.25, -0.2) is 4.98 Å². The number of H-pyrrole nitrogens is 1. The van der Waals surface area contributed by atoms with Gasteiger partial charge in [0.05, 0.1) is 5.03 Å². The van der Waals surface area contributed by atoms with Gasteiger partial charge in [-0.2, -0.15) is 0 Å². The van der Waals surface area contributed by atoms with Gasteiger partial charge in [0, 0.05) is 28.9 Å². The summed E-state index contributed by atoms with van der Waals surface area (Å²) in [4.78, 5) is 21.4. The minimum Gasteiger partial charge on any atom is -0.388 e. The van der Waals surface area contributed by atoms with Gasteiger partial charge in [-0.05, 0) is 67.6 Å². The van der Waals surface area contributed by atoms with Crippen molar-refractivity contribution >= 4 is 35.0 Å². The molecule has 0 unspecified atom stereocenters. The van der Waals surface area contributed by atoms with Crippen molar-refractivity contribution < 1.29 is 4.79 Å². The Hall–Kier alpha value is -2.96. The van der Waals surface area contributed by atoms with Crippen LogP contribution < -0.4 is 10.6 Å². The molecule has 0 aliphatic heterocycles. The van der Waals surface area contributed by atoms with E-state index in [9.17, 15) is 4.79 Å². The SMILES string of the molecule is C/C=C\SC(NC(=O)c1[nH]c(-c2ccc(NC)cc2)nc1-c1ccc(Cl)cc1)=C(C)CC. The molecule has 5 nitrogen and oxygen atoms in total. The molecule has 1 heterocycles. The summed E-state index contributed by atoms with van der Waals surface area (Å²) in [6, 6.07) is 15.2. The number of rotatable bonds is 8. The van der Waals surface area contributed by atoms with Gasteiger partial charge < -0.3 is 15.6 Å². The fourth-order valence-corrected chi connectivity index (χ4v) is 3.88. The van der Waals surface area contributed by atoms with Crippen molar-refractivity contribution in [1.29, 1.82) is 0 Å². The second-order valence-electron chi connectivity index (χ2n) is 7.15. The van der Waals surface area contributed by atoms with E-state index in [1.807, 2.05) is 68.8 Å². The molecule has 3 rings (SSSR count). The van der Waals surface area contributed by atoms with Crippen LogP contribution in [0.3, 0.4) is 0 Å². The summed E-state index contributed by atoms with van der Waals surface area (Å²) in [5.74, 6) is 0.391. The zero-order valence-corrected chi connectivity index (χ0v) is 20.2. The minimum atomic E-state index is -0.236. The Balaban J connectivity index is 2.04. The second kappa shape index (κ2) is 11.1. The molecule has 1 aromatic heterocycles. The van der Waals surface area contributed by atoms with Gasteiger partial charge in [0.2, 0.25) is 0 Å². The second-order valence-corrected chi connectivity index (χ2v) is 8.50. The maximum Gasteiger partial charge on any atom is 0.274 e. The zero-order chi connectivity index (χ0) is 23.1. The van der Waals surface area contributed by atoms with Crippen LogP contribution in [0, 0.1) is 0 Å². The third-order valence-electron chi connectivity index (χ3n) is 4.96. The first kappa shape index (κ1) is 23.7. The number of benzene rings is 2. The lowest BCUT2D eigenvalue weighted by Crippen LogP contribution is -2.23. The zero-order valence-electron chi connectivity index (χ0n) is 18.6. The molecule has 0 bridgehead atoms. The summed E-state index contributed by atoms with van der Waals surface area (Å²) in [6.07, 6.45) is 2.79. The molecular weight excluding hydrogens is 440 g/mol. The van der Waals surface area contributed by atoms with E-state index in [2.05, 4.69) is 22.5 Å². The average Bonchev–Trinajstić information content (AvgIpc) is 3.27. The molecular formula is C25H27ClN4OS. The molecule has 3 N–H and O–H groups in total. The van der Waals surface area contributed by atoms with Gasteiger partial charge in [0.15, 0.2) is 0 Å². The number of aromatic amines is 1. The quantitative estimate of drug-likeness (QED) is 0.332. The molecule has 0 saturated heterocycles. The first-order chi connectivity index (χ1) is 15.5. The predicted octanol–water partition coefficient (Wildman–Crippen LogP) is 7.08. The number of anilines is 1. The fourth-order valence-electron chi connectivity index (χ4n) is 2.98. The summed E-state index contributed by atoms with van der Waals surface area (Å²) >= 11 is 7.57. The Morgan fingerprint density at radius 2 is 1.78 bits per heavy atom. The Labute approximate surface area is 198 Å². The smallest absolute Gasteiger partial charge is 0.274 e. The lowest BCUT2D eigenvalue weighted by atomic mass is 10.1. The van der Waals surface area contributed by atoms with Gasteiger partial charge in [0.1, 0.15) is 17.2 Å². The van der Waals surface area contributed by atoms with E-state index in [-0.39, 0.29) is 5.91 Å². The molecule has 166 valence electrons. The van der Waals surface area contributed by atoms with Crippen LogP contribution >= 0.6 is 23.4 Å². The Morgan fingerprint density at radius 1 is 1.12 bits per heavy atom. The third kappa shape index (κ3) is 5.64. The van der Waals surface area contributed by atoms with Gasteiger partial charge >= 0.3 is 0 Å². The summed E-state index contributed by atoms with van der Waals surface area (Å²) in [5.41, 5.74) is 4.80. The summed E-state index contributed by atoms with van der Waals surface area (Å²) < 4.78 is 0. The van der Waals surface area contributed by atoms with Crippen molar-refractivity contribution in [2.24, 2.45) is 0 Å². The molecule has 0 radical (unpaired) electrons. The number of allylic oxidation sites excluding steroid dienone is 2. The van der Waals surface area contributed by atoms with Crippen LogP contribution in [0.2, 0.25) is 5.02 Å². The highest BCUT2D eigenvalue weighted by atomic mass is 35.5. The van der Waals surface area contributed by atoms with Crippen molar-refractivity contribution in [3.63, 3.8) is 0 Å². The largest absolute Gasteiger partial charge is 0.388 e. The highest BCUT2D eigenvalue weighted by Gasteiger charge is 2.21. The Morgan fingerprint density at radius 3 is 2.38 bits per heavy atom. The number of aromatic nitrogens is 2. The first-order valence-corrected chi connectivity index (χ1v) is 11.7. The summed E-state index contributed by atoms with van der Waals surface area (Å²) in [5, 5.41) is 9.58. The van der Waals surface area contributed by atoms with Crippen molar-refractivity contribution in [2.75, 3.05) is 12.4 Å². The molecule has 0 fully saturated rings. The van der Waals surface area contributed by atoms with Crippen LogP contribution in [0.5, 0.6) is 0 Å². The lowest BCUT2D eigenvalue weighted by Gasteiger charge is -2.11. The monoisotopic (exact) mass is 466 g/mol. The summed E-state index contributed by atoms with van der Waals surface area (Å²) in [6.45, 7) is 6.04. The van der Waals surface area contributed by atoms with E-state index in [1.54, 1.807) is 12.1 Å². The highest BCUT2D eigenvalue weighted by Crippen LogP contribution is 2.29. The number of imidazole rings is 1. The van der Waals surface area contributed by atoms with Crippen molar-refractivity contribution in [2.45, 2.75) is 27.2 Å². The molecule has 0 saturated carbocycles. The normalized spacial score (nSPS) is 12.0. The van der Waals surface area contributed by atoms with E-state index in [0.29, 0.717) is 22.2 Å². The van der Waals surface area contributed by atoms with Gasteiger partial charge in [-0.15, -0.1) is 0 Å². The highest BCUT2D eigenvalue weighted by molar-refractivity contribution is 8.05. The third-order valence-corrected chi connectivity index (χ3v) is 6.31. The predicted molar refractivity (Wildman–Crippen MR) is 137 cm³/mol. The molecule has 7 heteroatoms. The van der Waals surface area contributed by atoms with Crippen LogP contribution in [-0.4, -0.2) is 22.9 Å². The molecule has 0 aliphatic carbocycles. The Kier molecular flexibility index (Phi) is 8.20. The Bertz CT molecular complexity index is 1130. The van der Waals surface area contributed by atoms with E-state index in [0.717, 1.165) is 33.8 Å². The van der Waals surface area contributed by atoms with E-state index in [1.165, 1.54) is 11.8 Å². The standard InChI is InChI=1S/C25H27ClN4OS/c1-5-15-32-25(16(3)6-2)30-24(31)22-21(17-7-11-19(26)12-8-17)28-23(29-22)18-9-13-20(27-4)14-10-18/h5,7-15,27H,6H2,1-4H3,(H,28,29)(H,30,31)/b15-5-,25-16?. The maximum absolute atomic E-state index is 13.4. The van der Waals surface area contributed by atoms with Crippen molar-refractivity contribution in [3.05, 3.63) is 81.3 Å². The van der Waals surface area contributed by atoms with Gasteiger partial charge in [-0.3, -0.25) is 4.79 Å². The molecule has 3 aromatic rings. The van der Waals surface area contributed by atoms with Crippen LogP contribution in [0.1, 0.15) is 37.7 Å². The van der Waals surface area contributed by atoms with Crippen LogP contribution in [0.25, 0.3) is 22.6 Å².